The first-order chi connectivity index (χ1) is 14.9. The highest BCUT2D eigenvalue weighted by molar-refractivity contribution is 6.35. The second-order valence-corrected chi connectivity index (χ2v) is 7.43. The summed E-state index contributed by atoms with van der Waals surface area (Å²) in [7, 11) is 0. The van der Waals surface area contributed by atoms with E-state index in [1.807, 2.05) is 13.8 Å². The van der Waals surface area contributed by atoms with Gasteiger partial charge in [-0.3, -0.25) is 14.3 Å². The van der Waals surface area contributed by atoms with Gasteiger partial charge in [-0.05, 0) is 43.7 Å². The number of rotatable bonds is 9. The Hall–Kier alpha value is -2.97. The number of aryl methyl sites for hydroxylation is 1. The van der Waals surface area contributed by atoms with Crippen molar-refractivity contribution < 1.29 is 18.7 Å². The van der Waals surface area contributed by atoms with Crippen molar-refractivity contribution >= 4 is 40.7 Å². The molecule has 2 heterocycles. The molecule has 0 saturated carbocycles. The van der Waals surface area contributed by atoms with Crippen LogP contribution >= 0.6 is 23.2 Å². The Labute approximate surface area is 189 Å². The lowest BCUT2D eigenvalue weighted by molar-refractivity contribution is 0.0948. The van der Waals surface area contributed by atoms with Gasteiger partial charge in [0.1, 0.15) is 18.1 Å². The van der Waals surface area contributed by atoms with E-state index < -0.39 is 5.91 Å². The Morgan fingerprint density at radius 2 is 1.97 bits per heavy atom. The van der Waals surface area contributed by atoms with Crippen molar-refractivity contribution in [3.05, 3.63) is 63.8 Å². The van der Waals surface area contributed by atoms with Gasteiger partial charge in [0.15, 0.2) is 11.5 Å². The molecule has 3 aromatic rings. The number of aromatic nitrogens is 2. The average molecular weight is 465 g/mol. The summed E-state index contributed by atoms with van der Waals surface area (Å²) in [4.78, 5) is 25.0. The van der Waals surface area contributed by atoms with E-state index in [9.17, 15) is 9.59 Å². The second kappa shape index (κ2) is 10.4. The summed E-state index contributed by atoms with van der Waals surface area (Å²) in [5.74, 6) is 0.100. The standard InChI is InChI=1S/C21H22Cl2N4O4/c1-3-9-24-21(29)19-16(11-27(4-2)26-19)25-20(28)18-8-6-14(31-18)12-30-17-7-5-13(22)10-15(17)23/h5-8,10-11H,3-4,9,12H2,1-2H3,(H,24,29)(H,25,28). The number of halogens is 2. The molecule has 2 amide bonds. The number of anilines is 1. The van der Waals surface area contributed by atoms with Crippen LogP contribution in [0.15, 0.2) is 40.9 Å². The SMILES string of the molecule is CCCNC(=O)c1nn(CC)cc1NC(=O)c1ccc(COc2ccc(Cl)cc2Cl)o1. The van der Waals surface area contributed by atoms with E-state index in [2.05, 4.69) is 15.7 Å². The van der Waals surface area contributed by atoms with Gasteiger partial charge in [0.25, 0.3) is 11.8 Å². The summed E-state index contributed by atoms with van der Waals surface area (Å²) < 4.78 is 12.8. The number of ether oxygens (including phenoxy) is 1. The van der Waals surface area contributed by atoms with E-state index in [0.29, 0.717) is 40.3 Å². The zero-order valence-electron chi connectivity index (χ0n) is 17.1. The largest absolute Gasteiger partial charge is 0.484 e. The molecule has 1 aromatic carbocycles. The molecule has 31 heavy (non-hydrogen) atoms. The molecule has 3 rings (SSSR count). The number of nitrogens with one attached hydrogen (secondary N) is 2. The molecule has 0 aliphatic rings. The molecule has 0 fully saturated rings. The van der Waals surface area contributed by atoms with Gasteiger partial charge in [-0.15, -0.1) is 0 Å². The Bertz CT molecular complexity index is 1080. The summed E-state index contributed by atoms with van der Waals surface area (Å²) in [5, 5.41) is 10.6. The summed E-state index contributed by atoms with van der Waals surface area (Å²) in [6.45, 7) is 4.99. The van der Waals surface area contributed by atoms with Gasteiger partial charge in [0, 0.05) is 24.3 Å². The minimum Gasteiger partial charge on any atom is -0.484 e. The smallest absolute Gasteiger partial charge is 0.291 e. The van der Waals surface area contributed by atoms with E-state index in [0.717, 1.165) is 6.42 Å². The third kappa shape index (κ3) is 5.80. The molecule has 8 nitrogen and oxygen atoms in total. The molecular weight excluding hydrogens is 443 g/mol. The number of amides is 2. The third-order valence-corrected chi connectivity index (χ3v) is 4.76. The highest BCUT2D eigenvalue weighted by Gasteiger charge is 2.20. The van der Waals surface area contributed by atoms with Crippen molar-refractivity contribution in [3.8, 4) is 5.75 Å². The predicted octanol–water partition coefficient (Wildman–Crippen LogP) is 4.77. The monoisotopic (exact) mass is 464 g/mol. The second-order valence-electron chi connectivity index (χ2n) is 6.59. The van der Waals surface area contributed by atoms with Crippen LogP contribution in [0, 0.1) is 0 Å². The van der Waals surface area contributed by atoms with Gasteiger partial charge in [-0.25, -0.2) is 0 Å². The third-order valence-electron chi connectivity index (χ3n) is 4.23. The molecule has 0 unspecified atom stereocenters. The summed E-state index contributed by atoms with van der Waals surface area (Å²) in [5.41, 5.74) is 0.457. The van der Waals surface area contributed by atoms with Crippen molar-refractivity contribution in [2.24, 2.45) is 0 Å². The van der Waals surface area contributed by atoms with E-state index in [1.54, 1.807) is 35.1 Å². The molecule has 164 valence electrons. The Morgan fingerprint density at radius 3 is 2.68 bits per heavy atom. The first kappa shape index (κ1) is 22.7. The van der Waals surface area contributed by atoms with Crippen LogP contribution in [0.5, 0.6) is 5.75 Å². The molecule has 0 spiro atoms. The molecule has 0 aliphatic carbocycles. The first-order valence-electron chi connectivity index (χ1n) is 9.74. The van der Waals surface area contributed by atoms with E-state index in [4.69, 9.17) is 32.4 Å². The van der Waals surface area contributed by atoms with Crippen LogP contribution in [-0.4, -0.2) is 28.1 Å². The molecule has 0 saturated heterocycles. The van der Waals surface area contributed by atoms with Crippen LogP contribution in [0.3, 0.4) is 0 Å². The van der Waals surface area contributed by atoms with Gasteiger partial charge >= 0.3 is 0 Å². The Morgan fingerprint density at radius 1 is 1.16 bits per heavy atom. The molecule has 0 bridgehead atoms. The lowest BCUT2D eigenvalue weighted by Gasteiger charge is -2.06. The van der Waals surface area contributed by atoms with Gasteiger partial charge < -0.3 is 19.8 Å². The van der Waals surface area contributed by atoms with Crippen molar-refractivity contribution in [3.63, 3.8) is 0 Å². The number of benzene rings is 1. The molecule has 2 N–H and O–H groups in total. The van der Waals surface area contributed by atoms with Gasteiger partial charge in [0.05, 0.1) is 10.7 Å². The quantitative estimate of drug-likeness (QED) is 0.474. The van der Waals surface area contributed by atoms with Crippen LogP contribution in [0.25, 0.3) is 0 Å². The Balaban J connectivity index is 1.67. The fraction of sp³-hybridized carbons (Fsp3) is 0.286. The van der Waals surface area contributed by atoms with E-state index in [1.165, 1.54) is 6.07 Å². The highest BCUT2D eigenvalue weighted by Crippen LogP contribution is 2.28. The number of carbonyl (C=O) groups is 2. The van der Waals surface area contributed by atoms with Crippen molar-refractivity contribution in [1.82, 2.24) is 15.1 Å². The summed E-state index contributed by atoms with van der Waals surface area (Å²) in [6, 6.07) is 8.04. The Kier molecular flexibility index (Phi) is 7.59. The highest BCUT2D eigenvalue weighted by atomic mass is 35.5. The predicted molar refractivity (Wildman–Crippen MR) is 118 cm³/mol. The maximum absolute atomic E-state index is 12.6. The number of nitrogens with zero attached hydrogens (tertiary/aromatic N) is 2. The van der Waals surface area contributed by atoms with Gasteiger partial charge in [-0.1, -0.05) is 30.1 Å². The van der Waals surface area contributed by atoms with E-state index in [-0.39, 0.29) is 24.0 Å². The molecule has 0 atom stereocenters. The number of furan rings is 1. The van der Waals surface area contributed by atoms with Crippen LogP contribution < -0.4 is 15.4 Å². The fourth-order valence-electron chi connectivity index (χ4n) is 2.67. The lowest BCUT2D eigenvalue weighted by Crippen LogP contribution is -2.26. The number of hydrogen-bond donors (Lipinski definition) is 2. The maximum Gasteiger partial charge on any atom is 0.291 e. The van der Waals surface area contributed by atoms with Crippen LogP contribution in [0.2, 0.25) is 10.0 Å². The number of hydrogen-bond acceptors (Lipinski definition) is 5. The van der Waals surface area contributed by atoms with Crippen LogP contribution in [-0.2, 0) is 13.2 Å². The molecule has 0 aliphatic heterocycles. The van der Waals surface area contributed by atoms with Crippen LogP contribution in [0.1, 0.15) is 47.1 Å². The zero-order chi connectivity index (χ0) is 22.4. The minimum absolute atomic E-state index is 0.0740. The van der Waals surface area contributed by atoms with Crippen molar-refractivity contribution in [2.45, 2.75) is 33.4 Å². The number of carbonyl (C=O) groups excluding carboxylic acids is 2. The average Bonchev–Trinajstić information content (AvgIpc) is 3.38. The normalized spacial score (nSPS) is 10.7. The van der Waals surface area contributed by atoms with Crippen LogP contribution in [0.4, 0.5) is 5.69 Å². The minimum atomic E-state index is -0.504. The molecule has 2 aromatic heterocycles. The summed E-state index contributed by atoms with van der Waals surface area (Å²) >= 11 is 12.0. The van der Waals surface area contributed by atoms with Gasteiger partial charge in [-0.2, -0.15) is 5.10 Å². The molecular formula is C21H22Cl2N4O4. The van der Waals surface area contributed by atoms with Crippen molar-refractivity contribution in [2.75, 3.05) is 11.9 Å². The maximum atomic E-state index is 12.6. The molecule has 10 heteroatoms. The van der Waals surface area contributed by atoms with E-state index >= 15 is 0 Å². The van der Waals surface area contributed by atoms with Crippen molar-refractivity contribution in [1.29, 1.82) is 0 Å². The summed E-state index contributed by atoms with van der Waals surface area (Å²) in [6.07, 6.45) is 2.40. The fourth-order valence-corrected chi connectivity index (χ4v) is 3.13. The zero-order valence-corrected chi connectivity index (χ0v) is 18.6. The topological polar surface area (TPSA) is 98.4 Å². The van der Waals surface area contributed by atoms with Gasteiger partial charge in [0.2, 0.25) is 0 Å². The lowest BCUT2D eigenvalue weighted by atomic mass is 10.3. The molecule has 0 radical (unpaired) electrons. The first-order valence-corrected chi connectivity index (χ1v) is 10.5.